The lowest BCUT2D eigenvalue weighted by atomic mass is 9.51. The van der Waals surface area contributed by atoms with Crippen LogP contribution in [0.25, 0.3) is 0 Å². The summed E-state index contributed by atoms with van der Waals surface area (Å²) in [5.74, 6) is -0.380. The van der Waals surface area contributed by atoms with Gasteiger partial charge in [-0.1, -0.05) is 74.5 Å². The lowest BCUT2D eigenvalue weighted by Gasteiger charge is -2.57. The number of hydrogen-bond acceptors (Lipinski definition) is 4. The molecule has 0 aromatic carbocycles. The van der Waals surface area contributed by atoms with Crippen molar-refractivity contribution in [3.05, 3.63) is 23.3 Å². The molecule has 1 aliphatic carbocycles. The maximum atomic E-state index is 12.2. The number of aliphatic hydroxyl groups excluding tert-OH is 3. The van der Waals surface area contributed by atoms with Gasteiger partial charge >= 0.3 is 0 Å². The van der Waals surface area contributed by atoms with Gasteiger partial charge in [-0.2, -0.15) is 0 Å². The van der Waals surface area contributed by atoms with E-state index in [1.54, 1.807) is 0 Å². The van der Waals surface area contributed by atoms with Crippen LogP contribution in [0.4, 0.5) is 0 Å². The first kappa shape index (κ1) is 23.4. The normalized spacial score (nSPS) is 25.8. The van der Waals surface area contributed by atoms with E-state index in [0.29, 0.717) is 0 Å². The molecule has 0 spiro atoms. The average molecular weight is 369 g/mol. The van der Waals surface area contributed by atoms with Gasteiger partial charge < -0.3 is 20.4 Å². The minimum atomic E-state index is -1.57. The predicted octanol–water partition coefficient (Wildman–Crippen LogP) is 3.30. The fourth-order valence-electron chi connectivity index (χ4n) is 4.04. The van der Waals surface area contributed by atoms with Crippen LogP contribution in [0.1, 0.15) is 62.3 Å². The highest BCUT2D eigenvalue weighted by molar-refractivity contribution is 5.45. The smallest absolute Gasteiger partial charge is 0.105 e. The van der Waals surface area contributed by atoms with Crippen LogP contribution < -0.4 is 0 Å². The van der Waals surface area contributed by atoms with Crippen molar-refractivity contribution in [1.29, 1.82) is 0 Å². The molecular weight excluding hydrogens is 328 g/mol. The maximum absolute atomic E-state index is 12.2. The summed E-state index contributed by atoms with van der Waals surface area (Å²) in [5.41, 5.74) is -2.01. The second-order valence-electron chi connectivity index (χ2n) is 11.0. The van der Waals surface area contributed by atoms with Crippen molar-refractivity contribution in [3.63, 3.8) is 0 Å². The van der Waals surface area contributed by atoms with Crippen LogP contribution >= 0.6 is 0 Å². The summed E-state index contributed by atoms with van der Waals surface area (Å²) in [5, 5.41) is 42.6. The van der Waals surface area contributed by atoms with Gasteiger partial charge in [0.2, 0.25) is 0 Å². The van der Waals surface area contributed by atoms with E-state index in [4.69, 9.17) is 0 Å². The van der Waals surface area contributed by atoms with Crippen molar-refractivity contribution < 1.29 is 20.4 Å². The van der Waals surface area contributed by atoms with Crippen molar-refractivity contribution in [2.45, 2.75) is 67.9 Å². The van der Waals surface area contributed by atoms with E-state index in [2.05, 4.69) is 26.8 Å². The standard InChI is InChI=1S/C22H40O4/c1-18(2,3)15-10-16(19(4,5)6)22(26,17(11-15)20(7,8)9)21(12-23,13-24)14-25/h10-11,16,23-26H,12-14H2,1-9H3. The van der Waals surface area contributed by atoms with Crippen molar-refractivity contribution in [1.82, 2.24) is 0 Å². The highest BCUT2D eigenvalue weighted by Crippen LogP contribution is 2.57. The van der Waals surface area contributed by atoms with Gasteiger partial charge in [-0.15, -0.1) is 0 Å². The largest absolute Gasteiger partial charge is 0.395 e. The quantitative estimate of drug-likeness (QED) is 0.614. The minimum Gasteiger partial charge on any atom is -0.395 e. The molecule has 152 valence electrons. The summed E-state index contributed by atoms with van der Waals surface area (Å²) in [7, 11) is 0. The Hall–Kier alpha value is -0.680. The highest BCUT2D eigenvalue weighted by Gasteiger charge is 2.61. The number of rotatable bonds is 4. The van der Waals surface area contributed by atoms with E-state index < -0.39 is 36.3 Å². The molecule has 26 heavy (non-hydrogen) atoms. The molecule has 0 bridgehead atoms. The Morgan fingerprint density at radius 2 is 1.23 bits per heavy atom. The molecule has 4 heteroatoms. The van der Waals surface area contributed by atoms with Crippen molar-refractivity contribution in [3.8, 4) is 0 Å². The van der Waals surface area contributed by atoms with Gasteiger partial charge in [-0.05, 0) is 27.4 Å². The first-order chi connectivity index (χ1) is 11.5. The molecule has 0 saturated heterocycles. The maximum Gasteiger partial charge on any atom is 0.105 e. The third-order valence-corrected chi connectivity index (χ3v) is 5.83. The van der Waals surface area contributed by atoms with Gasteiger partial charge in [0.25, 0.3) is 0 Å². The Morgan fingerprint density at radius 3 is 1.50 bits per heavy atom. The summed E-state index contributed by atoms with van der Waals surface area (Å²) in [6.07, 6.45) is 4.09. The van der Waals surface area contributed by atoms with E-state index in [1.807, 2.05) is 47.6 Å². The third-order valence-electron chi connectivity index (χ3n) is 5.83. The molecule has 0 aliphatic heterocycles. The molecule has 0 saturated carbocycles. The molecule has 4 N–H and O–H groups in total. The van der Waals surface area contributed by atoms with Crippen molar-refractivity contribution in [2.24, 2.45) is 27.6 Å². The number of aliphatic hydroxyl groups is 4. The van der Waals surface area contributed by atoms with Gasteiger partial charge in [0, 0.05) is 5.92 Å². The molecule has 0 radical (unpaired) electrons. The van der Waals surface area contributed by atoms with Crippen LogP contribution in [0.3, 0.4) is 0 Å². The Kier molecular flexibility index (Phi) is 6.33. The molecule has 4 nitrogen and oxygen atoms in total. The lowest BCUT2D eigenvalue weighted by molar-refractivity contribution is -0.175. The first-order valence-corrected chi connectivity index (χ1v) is 9.51. The van der Waals surface area contributed by atoms with Crippen molar-refractivity contribution >= 4 is 0 Å². The molecule has 0 fully saturated rings. The van der Waals surface area contributed by atoms with E-state index in [0.717, 1.165) is 11.1 Å². The van der Waals surface area contributed by atoms with Crippen LogP contribution in [0, 0.1) is 27.6 Å². The van der Waals surface area contributed by atoms with E-state index in [1.165, 1.54) is 0 Å². The van der Waals surface area contributed by atoms with Gasteiger partial charge in [0.1, 0.15) is 5.60 Å². The molecule has 0 amide bonds. The lowest BCUT2D eigenvalue weighted by Crippen LogP contribution is -2.65. The van der Waals surface area contributed by atoms with E-state index >= 15 is 0 Å². The summed E-state index contributed by atoms with van der Waals surface area (Å²) < 4.78 is 0. The molecule has 0 aromatic rings. The second-order valence-corrected chi connectivity index (χ2v) is 11.0. The molecular formula is C22H40O4. The molecule has 0 aromatic heterocycles. The topological polar surface area (TPSA) is 80.9 Å². The molecule has 1 aliphatic rings. The SMILES string of the molecule is CC(C)(C)C1=CC(C(C)(C)C)C(O)(C(CO)(CO)CO)C(C(C)(C)C)=C1. The van der Waals surface area contributed by atoms with Gasteiger partial charge in [-0.3, -0.25) is 0 Å². The van der Waals surface area contributed by atoms with Crippen molar-refractivity contribution in [2.75, 3.05) is 19.8 Å². The fraction of sp³-hybridized carbons (Fsp3) is 0.818. The third kappa shape index (κ3) is 3.80. The molecule has 0 heterocycles. The summed E-state index contributed by atoms with van der Waals surface area (Å²) >= 11 is 0. The van der Waals surface area contributed by atoms with E-state index in [9.17, 15) is 20.4 Å². The van der Waals surface area contributed by atoms with Gasteiger partial charge in [0.05, 0.1) is 25.2 Å². The molecule has 2 unspecified atom stereocenters. The second kappa shape index (κ2) is 7.05. The van der Waals surface area contributed by atoms with Crippen LogP contribution in [0.5, 0.6) is 0 Å². The van der Waals surface area contributed by atoms with Crippen LogP contribution in [0.15, 0.2) is 23.3 Å². The van der Waals surface area contributed by atoms with Crippen LogP contribution in [-0.4, -0.2) is 45.8 Å². The Balaban J connectivity index is 3.94. The number of hydrogen-bond donors (Lipinski definition) is 4. The van der Waals surface area contributed by atoms with E-state index in [-0.39, 0.29) is 16.7 Å². The van der Waals surface area contributed by atoms with Gasteiger partial charge in [-0.25, -0.2) is 0 Å². The Bertz CT molecular complexity index is 554. The highest BCUT2D eigenvalue weighted by atomic mass is 16.3. The van der Waals surface area contributed by atoms with Gasteiger partial charge in [0.15, 0.2) is 0 Å². The fourth-order valence-corrected chi connectivity index (χ4v) is 4.04. The Labute approximate surface area is 159 Å². The number of allylic oxidation sites excluding steroid dienone is 2. The van der Waals surface area contributed by atoms with Crippen LogP contribution in [0.2, 0.25) is 0 Å². The summed E-state index contributed by atoms with van der Waals surface area (Å²) in [4.78, 5) is 0. The Morgan fingerprint density at radius 1 is 0.808 bits per heavy atom. The summed E-state index contributed by atoms with van der Waals surface area (Å²) in [6.45, 7) is 17.1. The average Bonchev–Trinajstić information content (AvgIpc) is 2.45. The monoisotopic (exact) mass is 368 g/mol. The molecule has 1 rings (SSSR count). The summed E-state index contributed by atoms with van der Waals surface area (Å²) in [6, 6.07) is 0. The zero-order chi connectivity index (χ0) is 20.8. The zero-order valence-electron chi connectivity index (χ0n) is 18.1. The zero-order valence-corrected chi connectivity index (χ0v) is 18.1. The first-order valence-electron chi connectivity index (χ1n) is 9.51. The predicted molar refractivity (Wildman–Crippen MR) is 107 cm³/mol. The van der Waals surface area contributed by atoms with Crippen LogP contribution in [-0.2, 0) is 0 Å². The minimum absolute atomic E-state index is 0.109. The molecule has 2 atom stereocenters.